The summed E-state index contributed by atoms with van der Waals surface area (Å²) < 4.78 is 0. The fraction of sp³-hybridized carbons (Fsp3) is 0.627. The van der Waals surface area contributed by atoms with Gasteiger partial charge in [0.1, 0.15) is 30.2 Å². The first-order valence-corrected chi connectivity index (χ1v) is 27.6. The Morgan fingerprint density at radius 1 is 0.694 bits per heavy atom. The van der Waals surface area contributed by atoms with Crippen molar-refractivity contribution >= 4 is 94.3 Å². The maximum absolute atomic E-state index is 13.5. The van der Waals surface area contributed by atoms with Gasteiger partial charge in [-0.15, -0.1) is 0 Å². The molecule has 2 fully saturated rings. The standard InChI is InChI=1S/C51H80N14O18S.Gd/c1-30(2)23-34(44(76)60-36(29-66)46(78)58-33(48(80)81)5-3-13-54-50(52)53)59-45(77)35(24-40(68)69)57-39(67)25-55-47(79)37-6-4-14-65(37)51(84)56-32-10-7-31(8-11-32)9-12-38(49(82)83)64-21-19-62(27-42(72)73)17-15-61(26-41(70)71)16-18-63(20-22-64)28-43(74)75;/h7-8,10-11,30,33-38,66H,3-6,9,12-29H2,1-2H3,(H,55,79)(H,56,84)(H,57,67)(H,58,78)(H,59,77)(H,60,76)(H,68,69)(H,70,71)(H,72,73)(H,74,75)(H,80,81)(H,82,83)(H4,52,53,54);/p-3/t33-,34-,35-,36-,37-,38?;/m0./s1. The average Bonchev–Trinajstić information content (AvgIpc) is 4.19. The molecule has 0 radical (unpaired) electrons. The summed E-state index contributed by atoms with van der Waals surface area (Å²) in [5, 5.41) is 89.3. The molecule has 1 aromatic rings. The van der Waals surface area contributed by atoms with E-state index in [4.69, 9.17) is 23.7 Å². The topological polar surface area (TPSA) is 491 Å². The van der Waals surface area contributed by atoms with Crippen LogP contribution in [0.25, 0.3) is 0 Å². The largest absolute Gasteiger partial charge is 0.549 e. The Morgan fingerprint density at radius 2 is 1.22 bits per heavy atom. The summed E-state index contributed by atoms with van der Waals surface area (Å²) in [4.78, 5) is 149. The number of likely N-dealkylation sites (tertiary alicyclic amines) is 1. The van der Waals surface area contributed by atoms with E-state index in [1.54, 1.807) is 52.8 Å². The molecule has 1 aromatic carbocycles. The summed E-state index contributed by atoms with van der Waals surface area (Å²) in [5.74, 6) is -13.5. The van der Waals surface area contributed by atoms with E-state index >= 15 is 0 Å². The van der Waals surface area contributed by atoms with Crippen LogP contribution in [-0.4, -0.2) is 256 Å². The summed E-state index contributed by atoms with van der Waals surface area (Å²) in [6.45, 7) is 1.36. The maximum atomic E-state index is 13.5. The van der Waals surface area contributed by atoms with Gasteiger partial charge in [-0.2, -0.15) is 0 Å². The molecule has 14 N–H and O–H groups in total. The van der Waals surface area contributed by atoms with Gasteiger partial charge >= 0.3 is 17.9 Å². The number of amides is 5. The molecule has 6 atom stereocenters. The number of guanidine groups is 1. The first-order chi connectivity index (χ1) is 39.6. The summed E-state index contributed by atoms with van der Waals surface area (Å²) >= 11 is 5.67. The van der Waals surface area contributed by atoms with Gasteiger partial charge < -0.3 is 98.4 Å². The van der Waals surface area contributed by atoms with Crippen LogP contribution in [-0.2, 0) is 59.2 Å². The van der Waals surface area contributed by atoms with Crippen molar-refractivity contribution in [1.82, 2.24) is 51.1 Å². The van der Waals surface area contributed by atoms with Crippen LogP contribution < -0.4 is 58.7 Å². The fourth-order valence-electron chi connectivity index (χ4n) is 9.27. The molecule has 0 spiro atoms. The molecule has 0 bridgehead atoms. The maximum Gasteiger partial charge on any atom is 0.326 e. The molecule has 2 aliphatic rings. The van der Waals surface area contributed by atoms with E-state index in [1.807, 2.05) is 0 Å². The number of carboxylic acids is 6. The van der Waals surface area contributed by atoms with E-state index in [2.05, 4.69) is 36.9 Å². The van der Waals surface area contributed by atoms with Crippen LogP contribution in [0.15, 0.2) is 29.3 Å². The van der Waals surface area contributed by atoms with E-state index in [9.17, 15) is 88.5 Å². The Labute approximate surface area is 527 Å². The van der Waals surface area contributed by atoms with Gasteiger partial charge in [-0.25, -0.2) is 4.79 Å². The number of aliphatic hydroxyl groups excluding tert-OH is 1. The number of aliphatic imine (C=N–C) groups is 1. The number of rotatable bonds is 32. The van der Waals surface area contributed by atoms with Crippen molar-refractivity contribution in [2.75, 3.05) is 104 Å². The van der Waals surface area contributed by atoms with Crippen LogP contribution in [0, 0.1) is 45.9 Å². The molecule has 32 nitrogen and oxygen atoms in total. The van der Waals surface area contributed by atoms with Gasteiger partial charge in [0.2, 0.25) is 29.5 Å². The summed E-state index contributed by atoms with van der Waals surface area (Å²) in [6, 6.07) is -1.59. The number of hydrogen-bond donors (Lipinski definition) is 12. The fourth-order valence-corrected chi connectivity index (χ4v) is 9.61. The minimum Gasteiger partial charge on any atom is -0.549 e. The van der Waals surface area contributed by atoms with Gasteiger partial charge in [0, 0.05) is 130 Å². The van der Waals surface area contributed by atoms with E-state index in [0.717, 1.165) is 0 Å². The van der Waals surface area contributed by atoms with Crippen LogP contribution in [0.2, 0.25) is 0 Å². The van der Waals surface area contributed by atoms with Gasteiger partial charge in [-0.3, -0.25) is 58.2 Å². The van der Waals surface area contributed by atoms with Gasteiger partial charge in [-0.05, 0) is 80.8 Å². The number of nitrogens with two attached hydrogens (primary N) is 2. The SMILES string of the molecule is CC(C)C[C@H](NC(=O)[C@H](CC(=O)O)NC(=O)CNC(=O)[C@@H]1CCCN1C(=S)Nc1ccc(CCC(C(=O)[O-])N2CCN(CC(=O)[O-])CCN(CC(=O)[O-])CCN(CC(=O)O)CC2)cc1)C(=O)N[C@@H](CO)C(=O)N[C@@H](CCCN=C(N)N)C(=O)O.[Gd]. The van der Waals surface area contributed by atoms with Gasteiger partial charge in [0.05, 0.1) is 44.0 Å². The first-order valence-electron chi connectivity index (χ1n) is 27.1. The van der Waals surface area contributed by atoms with Gasteiger partial charge in [-0.1, -0.05) is 26.0 Å². The zero-order chi connectivity index (χ0) is 62.6. The molecular weight excluding hydrogens is 1290 g/mol. The third kappa shape index (κ3) is 28.5. The van der Waals surface area contributed by atoms with Crippen molar-refractivity contribution in [3.8, 4) is 0 Å². The molecule has 0 saturated carbocycles. The number of aliphatic carboxylic acids is 6. The molecule has 2 saturated heterocycles. The van der Waals surface area contributed by atoms with E-state index in [-0.39, 0.29) is 148 Å². The van der Waals surface area contributed by atoms with Crippen molar-refractivity contribution in [2.45, 2.75) is 101 Å². The molecule has 5 amide bonds. The number of carboxylic acid groups (broad SMARTS) is 6. The number of hydrogen-bond acceptors (Lipinski definition) is 21. The number of aliphatic hydroxyl groups is 1. The minimum atomic E-state index is -1.77. The number of carbonyl (C=O) groups excluding carboxylic acids is 8. The predicted octanol–water partition coefficient (Wildman–Crippen LogP) is -8.59. The molecule has 2 aliphatic heterocycles. The summed E-state index contributed by atoms with van der Waals surface area (Å²) in [6.07, 6.45) is 0.133. The Morgan fingerprint density at radius 3 is 1.73 bits per heavy atom. The molecule has 1 unspecified atom stereocenters. The number of aryl methyl sites for hydroxylation is 1. The monoisotopic (exact) mass is 1360 g/mol. The van der Waals surface area contributed by atoms with Crippen molar-refractivity contribution in [1.29, 1.82) is 0 Å². The average molecular weight is 1360 g/mol. The third-order valence-electron chi connectivity index (χ3n) is 13.5. The van der Waals surface area contributed by atoms with Crippen molar-refractivity contribution < 1.29 is 128 Å². The number of nitrogens with zero attached hydrogens (tertiary/aromatic N) is 6. The predicted molar refractivity (Wildman–Crippen MR) is 295 cm³/mol. The molecule has 0 aromatic heterocycles. The smallest absolute Gasteiger partial charge is 0.326 e. The molecule has 0 aliphatic carbocycles. The second-order valence-corrected chi connectivity index (χ2v) is 21.0. The Hall–Kier alpha value is -6.53. The van der Waals surface area contributed by atoms with E-state index in [0.29, 0.717) is 30.6 Å². The summed E-state index contributed by atoms with van der Waals surface area (Å²) in [7, 11) is 0. The number of benzene rings is 1. The molecule has 2 heterocycles. The molecule has 34 heteroatoms. The van der Waals surface area contributed by atoms with Crippen LogP contribution in [0.4, 0.5) is 5.69 Å². The van der Waals surface area contributed by atoms with Crippen LogP contribution >= 0.6 is 12.2 Å². The molecular formula is C51H77GdN14O18S-3. The summed E-state index contributed by atoms with van der Waals surface area (Å²) in [5.41, 5.74) is 11.8. The van der Waals surface area contributed by atoms with Crippen molar-refractivity contribution in [3.05, 3.63) is 29.8 Å². The Balaban J connectivity index is 0.0000247. The van der Waals surface area contributed by atoms with Gasteiger partial charge in [0.15, 0.2) is 11.1 Å². The minimum absolute atomic E-state index is 0. The third-order valence-corrected chi connectivity index (χ3v) is 13.9. The van der Waals surface area contributed by atoms with Crippen LogP contribution in [0.1, 0.15) is 64.4 Å². The Kier molecular flexibility index (Phi) is 33.8. The normalized spacial score (nSPS) is 17.3. The van der Waals surface area contributed by atoms with Crippen LogP contribution in [0.3, 0.4) is 0 Å². The first kappa shape index (κ1) is 74.6. The zero-order valence-corrected chi connectivity index (χ0v) is 50.3. The van der Waals surface area contributed by atoms with Crippen molar-refractivity contribution in [2.24, 2.45) is 22.4 Å². The second kappa shape index (κ2) is 38.5. The zero-order valence-electron chi connectivity index (χ0n) is 47.2. The second-order valence-electron chi connectivity index (χ2n) is 20.6. The molecule has 476 valence electrons. The number of thiocarbonyl (C=S) groups is 1. The molecule has 3 rings (SSSR count). The van der Waals surface area contributed by atoms with Crippen molar-refractivity contribution in [3.63, 3.8) is 0 Å². The van der Waals surface area contributed by atoms with E-state index in [1.165, 1.54) is 9.80 Å². The van der Waals surface area contributed by atoms with Crippen LogP contribution in [0.5, 0.6) is 0 Å². The quantitative estimate of drug-likeness (QED) is 0.0138. The number of carbonyl (C=O) groups is 11. The van der Waals surface area contributed by atoms with Gasteiger partial charge in [0.25, 0.3) is 0 Å². The molecule has 85 heavy (non-hydrogen) atoms. The number of anilines is 1. The van der Waals surface area contributed by atoms with E-state index < -0.39 is 141 Å². The Bertz CT molecular complexity index is 2460. The number of nitrogens with one attached hydrogen (secondary N) is 6.